The molecule has 1 aromatic rings. The summed E-state index contributed by atoms with van der Waals surface area (Å²) in [5.41, 5.74) is 2.17. The molecular formula is C17H25NS. The minimum Gasteiger partial charge on any atom is -0.316 e. The van der Waals surface area contributed by atoms with Gasteiger partial charge in [-0.25, -0.2) is 0 Å². The van der Waals surface area contributed by atoms with E-state index in [0.29, 0.717) is 11.5 Å². The standard InChI is InChI=1S/C17H25NS/c1-18-16(7-12-2-3-19-11-12)17-8-13-4-14(9-17)6-15(5-13)10-17/h2-3,11,13-16,18H,4-10H2,1H3. The van der Waals surface area contributed by atoms with E-state index in [1.165, 1.54) is 25.7 Å². The van der Waals surface area contributed by atoms with Crippen molar-refractivity contribution in [2.75, 3.05) is 7.05 Å². The van der Waals surface area contributed by atoms with E-state index in [2.05, 4.69) is 29.2 Å². The Hall–Kier alpha value is -0.340. The van der Waals surface area contributed by atoms with Gasteiger partial charge >= 0.3 is 0 Å². The average molecular weight is 275 g/mol. The Labute approximate surface area is 120 Å². The molecule has 104 valence electrons. The number of rotatable bonds is 4. The molecule has 0 spiro atoms. The van der Waals surface area contributed by atoms with Crippen LogP contribution in [-0.4, -0.2) is 13.1 Å². The molecule has 1 nitrogen and oxygen atoms in total. The predicted molar refractivity (Wildman–Crippen MR) is 81.5 cm³/mol. The van der Waals surface area contributed by atoms with Crippen LogP contribution in [0.2, 0.25) is 0 Å². The van der Waals surface area contributed by atoms with Gasteiger partial charge in [0.2, 0.25) is 0 Å². The van der Waals surface area contributed by atoms with Crippen molar-refractivity contribution in [1.82, 2.24) is 5.32 Å². The van der Waals surface area contributed by atoms with Crippen LogP contribution in [0, 0.1) is 23.2 Å². The molecule has 0 radical (unpaired) electrons. The minimum atomic E-state index is 0.630. The van der Waals surface area contributed by atoms with Gasteiger partial charge in [0.25, 0.3) is 0 Å². The van der Waals surface area contributed by atoms with Gasteiger partial charge in [-0.05, 0) is 97.6 Å². The highest BCUT2D eigenvalue weighted by Crippen LogP contribution is 2.61. The van der Waals surface area contributed by atoms with Gasteiger partial charge in [-0.1, -0.05) is 0 Å². The fourth-order valence-corrected chi connectivity index (χ4v) is 6.56. The van der Waals surface area contributed by atoms with Gasteiger partial charge in [-0.15, -0.1) is 0 Å². The monoisotopic (exact) mass is 275 g/mol. The van der Waals surface area contributed by atoms with Crippen LogP contribution in [0.5, 0.6) is 0 Å². The zero-order valence-electron chi connectivity index (χ0n) is 11.9. The quantitative estimate of drug-likeness (QED) is 0.872. The first-order chi connectivity index (χ1) is 9.27. The van der Waals surface area contributed by atoms with Gasteiger partial charge in [0, 0.05) is 6.04 Å². The molecule has 0 aromatic carbocycles. The maximum Gasteiger partial charge on any atom is 0.0161 e. The Bertz CT molecular complexity index is 401. The van der Waals surface area contributed by atoms with E-state index in [9.17, 15) is 0 Å². The lowest BCUT2D eigenvalue weighted by Gasteiger charge is -2.59. The lowest BCUT2D eigenvalue weighted by Crippen LogP contribution is -2.56. The molecule has 1 unspecified atom stereocenters. The third-order valence-corrected chi connectivity index (χ3v) is 6.93. The molecule has 1 aromatic heterocycles. The van der Waals surface area contributed by atoms with Gasteiger partial charge < -0.3 is 5.32 Å². The molecule has 2 heteroatoms. The summed E-state index contributed by atoms with van der Waals surface area (Å²) in [6, 6.07) is 3.02. The van der Waals surface area contributed by atoms with E-state index in [0.717, 1.165) is 17.8 Å². The van der Waals surface area contributed by atoms with Crippen molar-refractivity contribution < 1.29 is 0 Å². The third-order valence-electron chi connectivity index (χ3n) is 6.19. The van der Waals surface area contributed by atoms with E-state index in [1.807, 2.05) is 11.3 Å². The van der Waals surface area contributed by atoms with Gasteiger partial charge in [0.15, 0.2) is 0 Å². The molecule has 19 heavy (non-hydrogen) atoms. The number of hydrogen-bond donors (Lipinski definition) is 1. The second kappa shape index (κ2) is 4.60. The number of hydrogen-bond acceptors (Lipinski definition) is 2. The van der Waals surface area contributed by atoms with E-state index in [1.54, 1.807) is 24.8 Å². The minimum absolute atomic E-state index is 0.630. The molecule has 4 saturated carbocycles. The summed E-state index contributed by atoms with van der Waals surface area (Å²) in [5, 5.41) is 8.26. The lowest BCUT2D eigenvalue weighted by atomic mass is 9.47. The van der Waals surface area contributed by atoms with E-state index >= 15 is 0 Å². The topological polar surface area (TPSA) is 12.0 Å². The summed E-state index contributed by atoms with van der Waals surface area (Å²) < 4.78 is 0. The Balaban J connectivity index is 1.58. The summed E-state index contributed by atoms with van der Waals surface area (Å²) >= 11 is 1.84. The van der Waals surface area contributed by atoms with Gasteiger partial charge in [-0.3, -0.25) is 0 Å². The second-order valence-electron chi connectivity index (χ2n) is 7.46. The zero-order valence-corrected chi connectivity index (χ0v) is 12.7. The average Bonchev–Trinajstić information content (AvgIpc) is 2.87. The van der Waals surface area contributed by atoms with E-state index in [4.69, 9.17) is 0 Å². The van der Waals surface area contributed by atoms with Gasteiger partial charge in [0.1, 0.15) is 0 Å². The van der Waals surface area contributed by atoms with E-state index in [-0.39, 0.29) is 0 Å². The summed E-state index contributed by atoms with van der Waals surface area (Å²) in [6.07, 6.45) is 10.4. The fourth-order valence-electron chi connectivity index (χ4n) is 5.87. The summed E-state index contributed by atoms with van der Waals surface area (Å²) in [6.45, 7) is 0. The molecule has 4 fully saturated rings. The van der Waals surface area contributed by atoms with Crippen LogP contribution in [0.25, 0.3) is 0 Å². The molecule has 4 bridgehead atoms. The van der Waals surface area contributed by atoms with Crippen molar-refractivity contribution in [2.24, 2.45) is 23.2 Å². The molecule has 1 heterocycles. The van der Waals surface area contributed by atoms with Crippen LogP contribution in [0.4, 0.5) is 0 Å². The van der Waals surface area contributed by atoms with Crippen LogP contribution in [0.1, 0.15) is 44.1 Å². The Kier molecular flexibility index (Phi) is 3.00. The Morgan fingerprint density at radius 3 is 2.32 bits per heavy atom. The molecule has 4 aliphatic carbocycles. The second-order valence-corrected chi connectivity index (χ2v) is 8.24. The third kappa shape index (κ3) is 2.08. The SMILES string of the molecule is CNC(Cc1ccsc1)C12CC3CC(CC(C3)C1)C2. The fraction of sp³-hybridized carbons (Fsp3) is 0.765. The number of likely N-dealkylation sites (N-methyl/N-ethyl adjacent to an activating group) is 1. The van der Waals surface area contributed by atoms with Crippen LogP contribution < -0.4 is 5.32 Å². The van der Waals surface area contributed by atoms with Crippen LogP contribution in [0.3, 0.4) is 0 Å². The Morgan fingerprint density at radius 1 is 1.21 bits per heavy atom. The smallest absolute Gasteiger partial charge is 0.0161 e. The lowest BCUT2D eigenvalue weighted by molar-refractivity contribution is -0.0724. The molecule has 0 aliphatic heterocycles. The summed E-state index contributed by atoms with van der Waals surface area (Å²) in [5.74, 6) is 3.18. The van der Waals surface area contributed by atoms with Crippen LogP contribution in [0.15, 0.2) is 16.8 Å². The van der Waals surface area contributed by atoms with E-state index < -0.39 is 0 Å². The first-order valence-electron chi connectivity index (χ1n) is 7.96. The normalized spacial score (nSPS) is 41.6. The van der Waals surface area contributed by atoms with Crippen molar-refractivity contribution in [2.45, 2.75) is 51.0 Å². The molecule has 0 saturated heterocycles. The van der Waals surface area contributed by atoms with Crippen molar-refractivity contribution in [3.05, 3.63) is 22.4 Å². The molecule has 0 amide bonds. The molecular weight excluding hydrogens is 250 g/mol. The summed E-state index contributed by atoms with van der Waals surface area (Å²) in [4.78, 5) is 0. The van der Waals surface area contributed by atoms with Crippen LogP contribution in [-0.2, 0) is 6.42 Å². The first kappa shape index (κ1) is 12.4. The largest absolute Gasteiger partial charge is 0.316 e. The molecule has 1 atom stereocenters. The highest BCUT2D eigenvalue weighted by Gasteiger charge is 2.53. The molecule has 5 rings (SSSR count). The summed E-state index contributed by atoms with van der Waals surface area (Å²) in [7, 11) is 2.19. The number of thiophene rings is 1. The van der Waals surface area contributed by atoms with Crippen molar-refractivity contribution in [3.8, 4) is 0 Å². The van der Waals surface area contributed by atoms with Crippen molar-refractivity contribution in [3.63, 3.8) is 0 Å². The first-order valence-corrected chi connectivity index (χ1v) is 8.90. The van der Waals surface area contributed by atoms with Crippen molar-refractivity contribution in [1.29, 1.82) is 0 Å². The van der Waals surface area contributed by atoms with Gasteiger partial charge in [0.05, 0.1) is 0 Å². The predicted octanol–water partition coefficient (Wildman–Crippen LogP) is 4.10. The van der Waals surface area contributed by atoms with Gasteiger partial charge in [-0.2, -0.15) is 11.3 Å². The highest BCUT2D eigenvalue weighted by atomic mass is 32.1. The highest BCUT2D eigenvalue weighted by molar-refractivity contribution is 7.07. The maximum absolute atomic E-state index is 3.70. The molecule has 4 aliphatic rings. The van der Waals surface area contributed by atoms with Crippen LogP contribution >= 0.6 is 11.3 Å². The zero-order chi connectivity index (χ0) is 12.9. The number of nitrogens with one attached hydrogen (secondary N) is 1. The van der Waals surface area contributed by atoms with Crippen molar-refractivity contribution >= 4 is 11.3 Å². The maximum atomic E-state index is 3.70. The Morgan fingerprint density at radius 2 is 1.84 bits per heavy atom. The molecule has 1 N–H and O–H groups in total.